The zero-order valence-electron chi connectivity index (χ0n) is 14.5. The van der Waals surface area contributed by atoms with Crippen LogP contribution in [0.25, 0.3) is 0 Å². The van der Waals surface area contributed by atoms with Gasteiger partial charge in [0, 0.05) is 18.7 Å². The fraction of sp³-hybridized carbons (Fsp3) is 0.278. The normalized spacial score (nSPS) is 20.3. The summed E-state index contributed by atoms with van der Waals surface area (Å²) in [6, 6.07) is 12.9. The third-order valence-corrected chi connectivity index (χ3v) is 6.55. The molecule has 0 saturated carbocycles. The molecule has 0 aromatic heterocycles. The maximum absolute atomic E-state index is 13.2. The average molecular weight is 390 g/mol. The summed E-state index contributed by atoms with van der Waals surface area (Å²) in [7, 11) is -2.67. The standard InChI is InChI=1S/C18H18N2O6S/c1-26-18(21)16-11-12-19(17(16)13-5-3-2-4-6-13)27(24,25)15-9-7-14(8-10-15)20(22)23/h2-10,16-17H,11-12H2,1H3/t16-,17+/m0/s1. The van der Waals surface area contributed by atoms with Gasteiger partial charge in [-0.05, 0) is 24.1 Å². The number of esters is 1. The fourth-order valence-corrected chi connectivity index (χ4v) is 5.02. The summed E-state index contributed by atoms with van der Waals surface area (Å²) in [5.74, 6) is -1.09. The van der Waals surface area contributed by atoms with Crippen molar-refractivity contribution in [2.45, 2.75) is 17.4 Å². The number of hydrogen-bond acceptors (Lipinski definition) is 6. The number of nitro benzene ring substituents is 1. The Labute approximate surface area is 156 Å². The zero-order valence-corrected chi connectivity index (χ0v) is 15.3. The number of methoxy groups -OCH3 is 1. The molecule has 3 rings (SSSR count). The van der Waals surface area contributed by atoms with Crippen LogP contribution in [0, 0.1) is 16.0 Å². The van der Waals surface area contributed by atoms with E-state index in [-0.39, 0.29) is 17.1 Å². The van der Waals surface area contributed by atoms with E-state index in [9.17, 15) is 23.3 Å². The largest absolute Gasteiger partial charge is 0.469 e. The Balaban J connectivity index is 2.02. The van der Waals surface area contributed by atoms with Crippen molar-refractivity contribution in [1.29, 1.82) is 0 Å². The molecule has 8 nitrogen and oxygen atoms in total. The smallest absolute Gasteiger partial charge is 0.310 e. The first kappa shape index (κ1) is 19.0. The Morgan fingerprint density at radius 2 is 1.78 bits per heavy atom. The summed E-state index contributed by atoms with van der Waals surface area (Å²) in [5.41, 5.74) is 0.498. The predicted molar refractivity (Wildman–Crippen MR) is 96.3 cm³/mol. The van der Waals surface area contributed by atoms with Gasteiger partial charge >= 0.3 is 5.97 Å². The molecule has 0 spiro atoms. The number of non-ortho nitro benzene ring substituents is 1. The molecule has 0 bridgehead atoms. The van der Waals surface area contributed by atoms with Crippen LogP contribution in [0.1, 0.15) is 18.0 Å². The van der Waals surface area contributed by atoms with Crippen molar-refractivity contribution in [3.05, 3.63) is 70.3 Å². The first-order chi connectivity index (χ1) is 12.9. The number of rotatable bonds is 5. The Morgan fingerprint density at radius 1 is 1.15 bits per heavy atom. The molecule has 0 unspecified atom stereocenters. The molecule has 2 aromatic rings. The van der Waals surface area contributed by atoms with Crippen LogP contribution in [0.5, 0.6) is 0 Å². The first-order valence-electron chi connectivity index (χ1n) is 8.25. The van der Waals surface area contributed by atoms with E-state index in [4.69, 9.17) is 4.74 Å². The summed E-state index contributed by atoms with van der Waals surface area (Å²) in [6.07, 6.45) is 0.332. The molecule has 2 atom stereocenters. The number of sulfonamides is 1. The van der Waals surface area contributed by atoms with E-state index in [1.54, 1.807) is 30.3 Å². The van der Waals surface area contributed by atoms with E-state index in [1.807, 2.05) is 0 Å². The minimum Gasteiger partial charge on any atom is -0.469 e. The van der Waals surface area contributed by atoms with Crippen LogP contribution in [0.3, 0.4) is 0 Å². The molecule has 1 aliphatic rings. The number of nitro groups is 1. The molecule has 0 N–H and O–H groups in total. The molecule has 1 heterocycles. The monoisotopic (exact) mass is 390 g/mol. The lowest BCUT2D eigenvalue weighted by atomic mass is 9.94. The topological polar surface area (TPSA) is 107 Å². The van der Waals surface area contributed by atoms with Gasteiger partial charge in [0.2, 0.25) is 10.0 Å². The van der Waals surface area contributed by atoms with Crippen LogP contribution in [0.15, 0.2) is 59.5 Å². The summed E-state index contributed by atoms with van der Waals surface area (Å²) in [6.45, 7) is 0.151. The lowest BCUT2D eigenvalue weighted by molar-refractivity contribution is -0.384. The van der Waals surface area contributed by atoms with E-state index in [1.165, 1.54) is 23.5 Å². The molecule has 9 heteroatoms. The number of ether oxygens (including phenoxy) is 1. The molecule has 0 amide bonds. The summed E-state index contributed by atoms with van der Waals surface area (Å²) < 4.78 is 32.4. The zero-order chi connectivity index (χ0) is 19.6. The van der Waals surface area contributed by atoms with Crippen LogP contribution in [0.2, 0.25) is 0 Å². The second-order valence-corrected chi connectivity index (χ2v) is 8.03. The van der Waals surface area contributed by atoms with Gasteiger partial charge in [-0.3, -0.25) is 14.9 Å². The van der Waals surface area contributed by atoms with Gasteiger partial charge in [-0.2, -0.15) is 4.31 Å². The molecular weight excluding hydrogens is 372 g/mol. The van der Waals surface area contributed by atoms with Crippen molar-refractivity contribution in [3.8, 4) is 0 Å². The lowest BCUT2D eigenvalue weighted by Gasteiger charge is -2.27. The predicted octanol–water partition coefficient (Wildman–Crippen LogP) is 2.52. The van der Waals surface area contributed by atoms with E-state index in [2.05, 4.69) is 0 Å². The third-order valence-electron chi connectivity index (χ3n) is 4.65. The highest BCUT2D eigenvalue weighted by Gasteiger charge is 2.46. The van der Waals surface area contributed by atoms with Crippen molar-refractivity contribution in [3.63, 3.8) is 0 Å². The Morgan fingerprint density at radius 3 is 2.33 bits per heavy atom. The molecule has 27 heavy (non-hydrogen) atoms. The molecule has 1 fully saturated rings. The maximum atomic E-state index is 13.2. The fourth-order valence-electron chi connectivity index (χ4n) is 3.36. The minimum absolute atomic E-state index is 0.0560. The summed E-state index contributed by atoms with van der Waals surface area (Å²) in [5, 5.41) is 10.8. The second-order valence-electron chi connectivity index (χ2n) is 6.14. The van der Waals surface area contributed by atoms with Gasteiger partial charge in [0.25, 0.3) is 5.69 Å². The molecule has 2 aromatic carbocycles. The first-order valence-corrected chi connectivity index (χ1v) is 9.69. The SMILES string of the molecule is COC(=O)[C@H]1CCN(S(=O)(=O)c2ccc([N+](=O)[O-])cc2)[C@@H]1c1ccccc1. The Bertz CT molecular complexity index is 944. The molecular formula is C18H18N2O6S. The third kappa shape index (κ3) is 3.56. The summed E-state index contributed by atoms with van der Waals surface area (Å²) in [4.78, 5) is 22.4. The number of benzene rings is 2. The molecule has 0 radical (unpaired) electrons. The van der Waals surface area contributed by atoms with Gasteiger partial charge in [0.05, 0.1) is 28.9 Å². The van der Waals surface area contributed by atoms with E-state index in [0.29, 0.717) is 12.0 Å². The van der Waals surface area contributed by atoms with Crippen molar-refractivity contribution in [2.24, 2.45) is 5.92 Å². The summed E-state index contributed by atoms with van der Waals surface area (Å²) >= 11 is 0. The average Bonchev–Trinajstić information content (AvgIpc) is 3.14. The number of nitrogens with zero attached hydrogens (tertiary/aromatic N) is 2. The molecule has 142 valence electrons. The van der Waals surface area contributed by atoms with Gasteiger partial charge in [0.15, 0.2) is 0 Å². The van der Waals surface area contributed by atoms with Crippen LogP contribution in [0.4, 0.5) is 5.69 Å². The van der Waals surface area contributed by atoms with Crippen molar-refractivity contribution < 1.29 is 22.9 Å². The van der Waals surface area contributed by atoms with E-state index >= 15 is 0 Å². The highest BCUT2D eigenvalue weighted by molar-refractivity contribution is 7.89. The number of hydrogen-bond donors (Lipinski definition) is 0. The van der Waals surface area contributed by atoms with Crippen molar-refractivity contribution >= 4 is 21.7 Å². The number of carbonyl (C=O) groups excluding carboxylic acids is 1. The highest BCUT2D eigenvalue weighted by Crippen LogP contribution is 2.41. The van der Waals surface area contributed by atoms with Crippen molar-refractivity contribution in [1.82, 2.24) is 4.31 Å². The van der Waals surface area contributed by atoms with Gasteiger partial charge in [-0.25, -0.2) is 8.42 Å². The van der Waals surface area contributed by atoms with E-state index in [0.717, 1.165) is 12.1 Å². The van der Waals surface area contributed by atoms with Gasteiger partial charge < -0.3 is 4.74 Å². The van der Waals surface area contributed by atoms with Crippen molar-refractivity contribution in [2.75, 3.05) is 13.7 Å². The number of carbonyl (C=O) groups is 1. The van der Waals surface area contributed by atoms with Crippen LogP contribution >= 0.6 is 0 Å². The van der Waals surface area contributed by atoms with Crippen LogP contribution in [-0.4, -0.2) is 37.3 Å². The minimum atomic E-state index is -3.95. The van der Waals surface area contributed by atoms with Gasteiger partial charge in [-0.1, -0.05) is 30.3 Å². The second kappa shape index (κ2) is 7.45. The van der Waals surface area contributed by atoms with Crippen LogP contribution in [-0.2, 0) is 19.6 Å². The maximum Gasteiger partial charge on any atom is 0.310 e. The lowest BCUT2D eigenvalue weighted by Crippen LogP contribution is -2.34. The molecule has 1 aliphatic heterocycles. The highest BCUT2D eigenvalue weighted by atomic mass is 32.2. The molecule has 0 aliphatic carbocycles. The van der Waals surface area contributed by atoms with Gasteiger partial charge in [-0.15, -0.1) is 0 Å². The Kier molecular flexibility index (Phi) is 5.24. The van der Waals surface area contributed by atoms with Crippen LogP contribution < -0.4 is 0 Å². The quantitative estimate of drug-likeness (QED) is 0.441. The van der Waals surface area contributed by atoms with Gasteiger partial charge in [0.1, 0.15) is 0 Å². The molecule has 1 saturated heterocycles. The van der Waals surface area contributed by atoms with E-state index < -0.39 is 32.9 Å². The Hall–Kier alpha value is -2.78.